The van der Waals surface area contributed by atoms with Gasteiger partial charge in [0, 0.05) is 29.6 Å². The molecular formula is C20H14ClN3O7S2. The van der Waals surface area contributed by atoms with Crippen LogP contribution in [0.15, 0.2) is 71.3 Å². The lowest BCUT2D eigenvalue weighted by Gasteiger charge is -2.14. The van der Waals surface area contributed by atoms with Crippen molar-refractivity contribution in [3.05, 3.63) is 84.4 Å². The molecule has 0 spiro atoms. The summed E-state index contributed by atoms with van der Waals surface area (Å²) in [7, 11) is -4.24. The third-order valence-electron chi connectivity index (χ3n) is 4.40. The van der Waals surface area contributed by atoms with Crippen molar-refractivity contribution in [2.75, 3.05) is 11.3 Å². The molecule has 2 heterocycles. The SMILES string of the molecule is O=C(NCCc1nccs1)c1ccc2oc(=O)c(=O)oc2c1NS(=O)(=O)c1ccc(Cl)cc1. The number of fused-ring (bicyclic) bond motifs is 1. The molecule has 4 aromatic rings. The molecule has 2 aromatic heterocycles. The maximum Gasteiger partial charge on any atom is 0.423 e. The van der Waals surface area contributed by atoms with E-state index in [1.54, 1.807) is 11.6 Å². The Labute approximate surface area is 194 Å². The fourth-order valence-corrected chi connectivity index (χ4v) is 4.70. The van der Waals surface area contributed by atoms with Gasteiger partial charge in [0.05, 0.1) is 15.5 Å². The number of amides is 1. The summed E-state index contributed by atoms with van der Waals surface area (Å²) >= 11 is 7.25. The molecule has 170 valence electrons. The lowest BCUT2D eigenvalue weighted by molar-refractivity contribution is 0.0955. The molecule has 10 nitrogen and oxygen atoms in total. The Morgan fingerprint density at radius 1 is 1.06 bits per heavy atom. The first-order valence-corrected chi connectivity index (χ1v) is 12.0. The summed E-state index contributed by atoms with van der Waals surface area (Å²) < 4.78 is 38.0. The first-order chi connectivity index (χ1) is 15.7. The number of hydrogen-bond acceptors (Lipinski definition) is 9. The zero-order chi connectivity index (χ0) is 23.6. The molecule has 0 bridgehead atoms. The Morgan fingerprint density at radius 3 is 2.48 bits per heavy atom. The summed E-state index contributed by atoms with van der Waals surface area (Å²) in [6, 6.07) is 7.77. The number of sulfonamides is 1. The molecule has 0 saturated carbocycles. The molecule has 0 aliphatic rings. The molecule has 2 aromatic carbocycles. The number of carbonyl (C=O) groups excluding carboxylic acids is 1. The maximum atomic E-state index is 12.9. The Bertz CT molecular complexity index is 1540. The van der Waals surface area contributed by atoms with E-state index in [1.807, 2.05) is 0 Å². The van der Waals surface area contributed by atoms with Gasteiger partial charge in [-0.3, -0.25) is 9.52 Å². The van der Waals surface area contributed by atoms with Crippen molar-refractivity contribution in [2.45, 2.75) is 11.3 Å². The molecule has 33 heavy (non-hydrogen) atoms. The highest BCUT2D eigenvalue weighted by Gasteiger charge is 2.24. The molecule has 0 aliphatic carbocycles. The van der Waals surface area contributed by atoms with Crippen LogP contribution >= 0.6 is 22.9 Å². The van der Waals surface area contributed by atoms with Gasteiger partial charge in [0.15, 0.2) is 11.2 Å². The molecular weight excluding hydrogens is 494 g/mol. The topological polar surface area (TPSA) is 149 Å². The van der Waals surface area contributed by atoms with Gasteiger partial charge >= 0.3 is 11.3 Å². The van der Waals surface area contributed by atoms with E-state index in [2.05, 4.69) is 15.0 Å². The van der Waals surface area contributed by atoms with E-state index in [0.717, 1.165) is 5.01 Å². The highest BCUT2D eigenvalue weighted by molar-refractivity contribution is 7.92. The van der Waals surface area contributed by atoms with Gasteiger partial charge in [-0.25, -0.2) is 23.0 Å². The van der Waals surface area contributed by atoms with Gasteiger partial charge in [-0.05, 0) is 36.4 Å². The fourth-order valence-electron chi connectivity index (χ4n) is 2.87. The molecule has 0 radical (unpaired) electrons. The van der Waals surface area contributed by atoms with Crippen molar-refractivity contribution >= 4 is 55.7 Å². The Morgan fingerprint density at radius 2 is 1.79 bits per heavy atom. The summed E-state index contributed by atoms with van der Waals surface area (Å²) in [6.45, 7) is 0.224. The quantitative estimate of drug-likeness (QED) is 0.362. The zero-order valence-corrected chi connectivity index (χ0v) is 18.9. The Kier molecular flexibility index (Phi) is 6.31. The van der Waals surface area contributed by atoms with Crippen molar-refractivity contribution in [1.29, 1.82) is 0 Å². The van der Waals surface area contributed by atoms with Gasteiger partial charge in [0.25, 0.3) is 15.9 Å². The lowest BCUT2D eigenvalue weighted by atomic mass is 10.1. The van der Waals surface area contributed by atoms with E-state index in [0.29, 0.717) is 11.4 Å². The number of rotatable bonds is 7. The smallest absolute Gasteiger partial charge is 0.414 e. The lowest BCUT2D eigenvalue weighted by Crippen LogP contribution is -2.28. The molecule has 0 saturated heterocycles. The van der Waals surface area contributed by atoms with Crippen molar-refractivity contribution < 1.29 is 22.0 Å². The van der Waals surface area contributed by atoms with Crippen LogP contribution in [-0.2, 0) is 16.4 Å². The van der Waals surface area contributed by atoms with Crippen LogP contribution in [0.25, 0.3) is 11.2 Å². The minimum absolute atomic E-state index is 0.142. The van der Waals surface area contributed by atoms with Crippen LogP contribution in [0.2, 0.25) is 5.02 Å². The standard InChI is InChI=1S/C20H14ClN3O7S2/c21-11-1-3-12(4-2-11)33(28,29)24-16-13(18(25)23-8-7-15-22-9-10-32-15)5-6-14-17(16)31-20(27)19(26)30-14/h1-6,9-10,24H,7-8H2,(H,23,25). The van der Waals surface area contributed by atoms with E-state index in [9.17, 15) is 22.8 Å². The summed E-state index contributed by atoms with van der Waals surface area (Å²) in [6.07, 6.45) is 2.11. The van der Waals surface area contributed by atoms with Crippen molar-refractivity contribution in [2.24, 2.45) is 0 Å². The van der Waals surface area contributed by atoms with E-state index >= 15 is 0 Å². The number of hydrogen-bond donors (Lipinski definition) is 2. The summed E-state index contributed by atoms with van der Waals surface area (Å²) in [5.41, 5.74) is -3.73. The number of aromatic nitrogens is 1. The predicted molar refractivity (Wildman–Crippen MR) is 121 cm³/mol. The fraction of sp³-hybridized carbons (Fsp3) is 0.100. The zero-order valence-electron chi connectivity index (χ0n) is 16.5. The average Bonchev–Trinajstić information content (AvgIpc) is 3.29. The summed E-state index contributed by atoms with van der Waals surface area (Å²) in [5.74, 6) is -0.642. The van der Waals surface area contributed by atoms with Crippen LogP contribution in [-0.4, -0.2) is 25.9 Å². The number of anilines is 1. The first-order valence-electron chi connectivity index (χ1n) is 9.30. The van der Waals surface area contributed by atoms with E-state index in [1.165, 1.54) is 47.7 Å². The van der Waals surface area contributed by atoms with E-state index in [-0.39, 0.29) is 28.3 Å². The molecule has 13 heteroatoms. The van der Waals surface area contributed by atoms with Crippen LogP contribution < -0.4 is 21.3 Å². The van der Waals surface area contributed by atoms with Gasteiger partial charge < -0.3 is 14.2 Å². The van der Waals surface area contributed by atoms with Gasteiger partial charge in [-0.2, -0.15) is 0 Å². The third kappa shape index (κ3) is 4.97. The number of nitrogens with one attached hydrogen (secondary N) is 2. The average molecular weight is 508 g/mol. The van der Waals surface area contributed by atoms with Gasteiger partial charge in [-0.1, -0.05) is 11.6 Å². The first kappa shape index (κ1) is 22.7. The second-order valence-electron chi connectivity index (χ2n) is 6.59. The number of benzene rings is 2. The number of carbonyl (C=O) groups is 1. The Hall–Kier alpha value is -3.48. The molecule has 2 N–H and O–H groups in total. The van der Waals surface area contributed by atoms with Gasteiger partial charge in [0.1, 0.15) is 5.69 Å². The minimum Gasteiger partial charge on any atom is -0.414 e. The second-order valence-corrected chi connectivity index (χ2v) is 9.68. The summed E-state index contributed by atoms with van der Waals surface area (Å²) in [4.78, 5) is 40.2. The maximum absolute atomic E-state index is 12.9. The highest BCUT2D eigenvalue weighted by atomic mass is 35.5. The van der Waals surface area contributed by atoms with Crippen LogP contribution in [0.5, 0.6) is 0 Å². The molecule has 0 fully saturated rings. The van der Waals surface area contributed by atoms with Crippen molar-refractivity contribution in [1.82, 2.24) is 10.3 Å². The van der Waals surface area contributed by atoms with Crippen molar-refractivity contribution in [3.63, 3.8) is 0 Å². The predicted octanol–water partition coefficient (Wildman–Crippen LogP) is 2.63. The third-order valence-corrected chi connectivity index (χ3v) is 6.86. The largest absolute Gasteiger partial charge is 0.423 e. The Balaban J connectivity index is 1.74. The molecule has 1 amide bonds. The van der Waals surface area contributed by atoms with E-state index in [4.69, 9.17) is 20.4 Å². The second kappa shape index (κ2) is 9.17. The van der Waals surface area contributed by atoms with Crippen LogP contribution in [0.3, 0.4) is 0 Å². The van der Waals surface area contributed by atoms with Gasteiger partial charge in [-0.15, -0.1) is 11.3 Å². The number of nitrogens with zero attached hydrogens (tertiary/aromatic N) is 1. The summed E-state index contributed by atoms with van der Waals surface area (Å²) in [5, 5.41) is 5.61. The number of halogens is 1. The monoisotopic (exact) mass is 507 g/mol. The number of thiazole rings is 1. The van der Waals surface area contributed by atoms with Gasteiger partial charge in [0.2, 0.25) is 0 Å². The molecule has 4 rings (SSSR count). The molecule has 0 aliphatic heterocycles. The van der Waals surface area contributed by atoms with Crippen LogP contribution in [0.1, 0.15) is 15.4 Å². The van der Waals surface area contributed by atoms with Crippen LogP contribution in [0.4, 0.5) is 5.69 Å². The van der Waals surface area contributed by atoms with Crippen molar-refractivity contribution in [3.8, 4) is 0 Å². The molecule has 0 atom stereocenters. The molecule has 0 unspecified atom stereocenters. The highest BCUT2D eigenvalue weighted by Crippen LogP contribution is 2.29. The normalized spacial score (nSPS) is 11.4. The minimum atomic E-state index is -4.24. The van der Waals surface area contributed by atoms with E-state index < -0.39 is 32.8 Å². The van der Waals surface area contributed by atoms with Crippen LogP contribution in [0, 0.1) is 0 Å².